The molecule has 0 radical (unpaired) electrons. The van der Waals surface area contributed by atoms with Crippen LogP contribution < -0.4 is 5.32 Å². The van der Waals surface area contributed by atoms with Crippen LogP contribution in [-0.2, 0) is 0 Å². The lowest BCUT2D eigenvalue weighted by Gasteiger charge is -2.21. The van der Waals surface area contributed by atoms with Crippen molar-refractivity contribution in [3.8, 4) is 0 Å². The van der Waals surface area contributed by atoms with Crippen molar-refractivity contribution in [1.29, 1.82) is 0 Å². The normalized spacial score (nSPS) is 14.4. The van der Waals surface area contributed by atoms with E-state index < -0.39 is 0 Å². The van der Waals surface area contributed by atoms with E-state index in [-0.39, 0.29) is 11.9 Å². The van der Waals surface area contributed by atoms with Crippen LogP contribution >= 0.6 is 11.3 Å². The molecule has 0 saturated heterocycles. The fourth-order valence-electron chi connectivity index (χ4n) is 2.06. The van der Waals surface area contributed by atoms with Gasteiger partial charge in [0, 0.05) is 17.0 Å². The van der Waals surface area contributed by atoms with Gasteiger partial charge < -0.3 is 5.32 Å². The van der Waals surface area contributed by atoms with Gasteiger partial charge in [-0.1, -0.05) is 25.1 Å². The highest BCUT2D eigenvalue weighted by atomic mass is 32.1. The van der Waals surface area contributed by atoms with E-state index in [1.165, 1.54) is 10.9 Å². The second-order valence-corrected chi connectivity index (χ2v) is 5.40. The smallest absolute Gasteiger partial charge is 0.123 e. The maximum atomic E-state index is 13.2. The molecule has 0 spiro atoms. The van der Waals surface area contributed by atoms with E-state index in [0.29, 0.717) is 6.04 Å². The van der Waals surface area contributed by atoms with Crippen LogP contribution in [0, 0.1) is 5.82 Å². The maximum absolute atomic E-state index is 13.2. The van der Waals surface area contributed by atoms with Gasteiger partial charge in [-0.3, -0.25) is 0 Å². The molecule has 0 aliphatic heterocycles. The summed E-state index contributed by atoms with van der Waals surface area (Å²) in [6, 6.07) is 11.5. The average Bonchev–Trinajstić information content (AvgIpc) is 2.89. The lowest BCUT2D eigenvalue weighted by molar-refractivity contribution is 0.460. The van der Waals surface area contributed by atoms with Gasteiger partial charge in [0.15, 0.2) is 0 Å². The van der Waals surface area contributed by atoms with Gasteiger partial charge in [0.05, 0.1) is 0 Å². The standard InChI is InChI=1S/C15H18FNS/c1-3-14(15-8-5-9-18-15)17-11(2)12-6-4-7-13(16)10-12/h4-11,14,17H,3H2,1-2H3/t11-,14?/m0/s1. The molecule has 0 bridgehead atoms. The zero-order chi connectivity index (χ0) is 13.0. The van der Waals surface area contributed by atoms with Crippen molar-refractivity contribution in [2.45, 2.75) is 32.4 Å². The van der Waals surface area contributed by atoms with Crippen LogP contribution in [0.4, 0.5) is 4.39 Å². The molecule has 1 aromatic heterocycles. The quantitative estimate of drug-likeness (QED) is 0.825. The van der Waals surface area contributed by atoms with Crippen LogP contribution in [0.15, 0.2) is 41.8 Å². The summed E-state index contributed by atoms with van der Waals surface area (Å²) in [5, 5.41) is 5.65. The molecule has 18 heavy (non-hydrogen) atoms. The van der Waals surface area contributed by atoms with Crippen LogP contribution in [0.25, 0.3) is 0 Å². The summed E-state index contributed by atoms with van der Waals surface area (Å²) in [4.78, 5) is 1.33. The van der Waals surface area contributed by atoms with Gasteiger partial charge in [-0.05, 0) is 42.5 Å². The number of benzene rings is 1. The minimum Gasteiger partial charge on any atom is -0.303 e. The Morgan fingerprint density at radius 3 is 2.72 bits per heavy atom. The number of hydrogen-bond acceptors (Lipinski definition) is 2. The third-order valence-corrected chi connectivity index (χ3v) is 4.08. The monoisotopic (exact) mass is 263 g/mol. The predicted octanol–water partition coefficient (Wildman–Crippen LogP) is 4.69. The van der Waals surface area contributed by atoms with Crippen molar-refractivity contribution in [3.05, 3.63) is 58.0 Å². The highest BCUT2D eigenvalue weighted by Crippen LogP contribution is 2.25. The first-order valence-corrected chi connectivity index (χ1v) is 7.13. The first-order valence-electron chi connectivity index (χ1n) is 6.25. The number of thiophene rings is 1. The van der Waals surface area contributed by atoms with Crippen molar-refractivity contribution in [2.75, 3.05) is 0 Å². The van der Waals surface area contributed by atoms with Gasteiger partial charge in [0.2, 0.25) is 0 Å². The fourth-order valence-corrected chi connectivity index (χ4v) is 2.94. The van der Waals surface area contributed by atoms with Crippen molar-refractivity contribution in [2.24, 2.45) is 0 Å². The highest BCUT2D eigenvalue weighted by Gasteiger charge is 2.14. The van der Waals surface area contributed by atoms with Crippen molar-refractivity contribution in [3.63, 3.8) is 0 Å². The molecule has 1 heterocycles. The first-order chi connectivity index (χ1) is 8.70. The van der Waals surface area contributed by atoms with Gasteiger partial charge in [-0.2, -0.15) is 0 Å². The molecule has 1 unspecified atom stereocenters. The van der Waals surface area contributed by atoms with E-state index in [9.17, 15) is 4.39 Å². The van der Waals surface area contributed by atoms with Crippen molar-refractivity contribution in [1.82, 2.24) is 5.32 Å². The molecule has 1 N–H and O–H groups in total. The summed E-state index contributed by atoms with van der Waals surface area (Å²) in [5.74, 6) is -0.176. The van der Waals surface area contributed by atoms with E-state index in [1.54, 1.807) is 23.5 Å². The molecule has 2 rings (SSSR count). The van der Waals surface area contributed by atoms with Crippen LogP contribution in [0.1, 0.15) is 42.8 Å². The Hall–Kier alpha value is -1.19. The summed E-state index contributed by atoms with van der Waals surface area (Å²) in [6.07, 6.45) is 1.03. The van der Waals surface area contributed by atoms with Gasteiger partial charge in [0.1, 0.15) is 5.82 Å². The predicted molar refractivity (Wildman–Crippen MR) is 75.3 cm³/mol. The fraction of sp³-hybridized carbons (Fsp3) is 0.333. The average molecular weight is 263 g/mol. The molecule has 0 aliphatic rings. The SMILES string of the molecule is CCC(N[C@@H](C)c1cccc(F)c1)c1cccs1. The highest BCUT2D eigenvalue weighted by molar-refractivity contribution is 7.10. The Balaban J connectivity index is 2.08. The molecule has 2 aromatic rings. The Morgan fingerprint density at radius 2 is 2.11 bits per heavy atom. The Kier molecular flexibility index (Phi) is 4.50. The van der Waals surface area contributed by atoms with Crippen molar-refractivity contribution < 1.29 is 4.39 Å². The summed E-state index contributed by atoms with van der Waals surface area (Å²) in [5.41, 5.74) is 0.991. The number of rotatable bonds is 5. The summed E-state index contributed by atoms with van der Waals surface area (Å²) < 4.78 is 13.2. The topological polar surface area (TPSA) is 12.0 Å². The Bertz CT molecular complexity index is 481. The summed E-state index contributed by atoms with van der Waals surface area (Å²) >= 11 is 1.76. The molecule has 1 aromatic carbocycles. The van der Waals surface area contributed by atoms with Gasteiger partial charge in [-0.25, -0.2) is 4.39 Å². The molecule has 0 amide bonds. The van der Waals surface area contributed by atoms with E-state index in [0.717, 1.165) is 12.0 Å². The second-order valence-electron chi connectivity index (χ2n) is 4.42. The lowest BCUT2D eigenvalue weighted by Crippen LogP contribution is -2.23. The van der Waals surface area contributed by atoms with E-state index in [1.807, 2.05) is 6.07 Å². The zero-order valence-electron chi connectivity index (χ0n) is 10.7. The third kappa shape index (κ3) is 3.18. The lowest BCUT2D eigenvalue weighted by atomic mass is 10.1. The summed E-state index contributed by atoms with van der Waals surface area (Å²) in [7, 11) is 0. The van der Waals surface area contributed by atoms with E-state index in [4.69, 9.17) is 0 Å². The minimum absolute atomic E-state index is 0.146. The molecular weight excluding hydrogens is 245 g/mol. The molecule has 3 heteroatoms. The molecule has 96 valence electrons. The van der Waals surface area contributed by atoms with E-state index >= 15 is 0 Å². The minimum atomic E-state index is -0.176. The third-order valence-electron chi connectivity index (χ3n) is 3.09. The van der Waals surface area contributed by atoms with E-state index in [2.05, 4.69) is 36.7 Å². The largest absolute Gasteiger partial charge is 0.303 e. The molecule has 0 saturated carbocycles. The number of hydrogen-bond donors (Lipinski definition) is 1. The van der Waals surface area contributed by atoms with Crippen LogP contribution in [0.2, 0.25) is 0 Å². The second kappa shape index (κ2) is 6.12. The van der Waals surface area contributed by atoms with Crippen LogP contribution in [0.3, 0.4) is 0 Å². The maximum Gasteiger partial charge on any atom is 0.123 e. The molecule has 2 atom stereocenters. The van der Waals surface area contributed by atoms with Crippen LogP contribution in [-0.4, -0.2) is 0 Å². The van der Waals surface area contributed by atoms with Crippen molar-refractivity contribution >= 4 is 11.3 Å². The molecule has 0 aliphatic carbocycles. The zero-order valence-corrected chi connectivity index (χ0v) is 11.5. The Labute approximate surface area is 112 Å². The van der Waals surface area contributed by atoms with Gasteiger partial charge >= 0.3 is 0 Å². The number of halogens is 1. The van der Waals surface area contributed by atoms with Gasteiger partial charge in [-0.15, -0.1) is 11.3 Å². The number of nitrogens with one attached hydrogen (secondary N) is 1. The summed E-state index contributed by atoms with van der Waals surface area (Å²) in [6.45, 7) is 4.24. The molecular formula is C15H18FNS. The molecule has 1 nitrogen and oxygen atoms in total. The van der Waals surface area contributed by atoms with Crippen LogP contribution in [0.5, 0.6) is 0 Å². The molecule has 0 fully saturated rings. The Morgan fingerprint density at radius 1 is 1.28 bits per heavy atom. The first kappa shape index (κ1) is 13.2. The van der Waals surface area contributed by atoms with Gasteiger partial charge in [0.25, 0.3) is 0 Å².